The van der Waals surface area contributed by atoms with E-state index in [-0.39, 0.29) is 24.6 Å². The highest BCUT2D eigenvalue weighted by Gasteiger charge is 2.12. The van der Waals surface area contributed by atoms with Gasteiger partial charge in [-0.3, -0.25) is 14.5 Å². The Morgan fingerprint density at radius 1 is 1.18 bits per heavy atom. The standard InChI is InChI=1S/C13H25NO3/c1-5-14(9-11(3)4)10-12(15)7-8-13(16)17-6-2/h11H,5-10H2,1-4H3. The Hall–Kier alpha value is -0.900. The van der Waals surface area contributed by atoms with Gasteiger partial charge in [-0.2, -0.15) is 0 Å². The largest absolute Gasteiger partial charge is 0.466 e. The van der Waals surface area contributed by atoms with Gasteiger partial charge in [0, 0.05) is 13.0 Å². The van der Waals surface area contributed by atoms with Crippen molar-refractivity contribution in [3.63, 3.8) is 0 Å². The van der Waals surface area contributed by atoms with E-state index in [9.17, 15) is 9.59 Å². The summed E-state index contributed by atoms with van der Waals surface area (Å²) in [6.45, 7) is 10.7. The normalized spacial score (nSPS) is 10.9. The molecule has 0 aromatic rings. The zero-order valence-corrected chi connectivity index (χ0v) is 11.5. The first-order valence-corrected chi connectivity index (χ1v) is 6.39. The number of hydrogen-bond acceptors (Lipinski definition) is 4. The van der Waals surface area contributed by atoms with Crippen LogP contribution in [-0.2, 0) is 14.3 Å². The molecule has 100 valence electrons. The van der Waals surface area contributed by atoms with Crippen LogP contribution in [0.2, 0.25) is 0 Å². The van der Waals surface area contributed by atoms with Gasteiger partial charge in [0.05, 0.1) is 19.6 Å². The Bertz CT molecular complexity index is 239. The molecule has 0 aliphatic rings. The lowest BCUT2D eigenvalue weighted by atomic mass is 10.1. The maximum absolute atomic E-state index is 11.7. The van der Waals surface area contributed by atoms with Gasteiger partial charge in [-0.1, -0.05) is 20.8 Å². The number of carbonyl (C=O) groups is 2. The highest BCUT2D eigenvalue weighted by atomic mass is 16.5. The topological polar surface area (TPSA) is 46.6 Å². The number of nitrogens with zero attached hydrogens (tertiary/aromatic N) is 1. The highest BCUT2D eigenvalue weighted by molar-refractivity contribution is 5.84. The lowest BCUT2D eigenvalue weighted by molar-refractivity contribution is -0.144. The van der Waals surface area contributed by atoms with Crippen molar-refractivity contribution in [3.8, 4) is 0 Å². The fourth-order valence-electron chi connectivity index (χ4n) is 1.62. The molecule has 17 heavy (non-hydrogen) atoms. The molecule has 0 aliphatic carbocycles. The molecule has 0 amide bonds. The van der Waals surface area contributed by atoms with Gasteiger partial charge in [-0.25, -0.2) is 0 Å². The molecule has 4 heteroatoms. The van der Waals surface area contributed by atoms with Gasteiger partial charge in [0.25, 0.3) is 0 Å². The summed E-state index contributed by atoms with van der Waals surface area (Å²) in [5.74, 6) is 0.376. The second-order valence-electron chi connectivity index (χ2n) is 4.57. The van der Waals surface area contributed by atoms with E-state index < -0.39 is 0 Å². The summed E-state index contributed by atoms with van der Waals surface area (Å²) in [5, 5.41) is 0. The summed E-state index contributed by atoms with van der Waals surface area (Å²) in [6, 6.07) is 0. The van der Waals surface area contributed by atoms with E-state index >= 15 is 0 Å². The minimum absolute atomic E-state index is 0.112. The predicted molar refractivity (Wildman–Crippen MR) is 67.8 cm³/mol. The molecule has 0 N–H and O–H groups in total. The van der Waals surface area contributed by atoms with E-state index in [4.69, 9.17) is 4.74 Å². The molecule has 0 atom stereocenters. The quantitative estimate of drug-likeness (QED) is 0.580. The molecule has 0 aliphatic heterocycles. The van der Waals surface area contributed by atoms with Gasteiger partial charge in [0.15, 0.2) is 0 Å². The number of likely N-dealkylation sites (N-methyl/N-ethyl adjacent to an activating group) is 1. The molecule has 0 saturated carbocycles. The van der Waals surface area contributed by atoms with Gasteiger partial charge in [0.2, 0.25) is 0 Å². The Balaban J connectivity index is 3.86. The SMILES string of the molecule is CCOC(=O)CCC(=O)CN(CC)CC(C)C. The van der Waals surface area contributed by atoms with Crippen molar-refractivity contribution in [2.45, 2.75) is 40.5 Å². The smallest absolute Gasteiger partial charge is 0.306 e. The van der Waals surface area contributed by atoms with Crippen LogP contribution in [0.5, 0.6) is 0 Å². The first-order chi connectivity index (χ1) is 7.99. The third kappa shape index (κ3) is 8.86. The van der Waals surface area contributed by atoms with Gasteiger partial charge >= 0.3 is 5.97 Å². The molecule has 4 nitrogen and oxygen atoms in total. The monoisotopic (exact) mass is 243 g/mol. The van der Waals surface area contributed by atoms with Crippen molar-refractivity contribution in [1.29, 1.82) is 0 Å². The van der Waals surface area contributed by atoms with E-state index in [0.29, 0.717) is 19.1 Å². The molecule has 0 bridgehead atoms. The van der Waals surface area contributed by atoms with E-state index in [1.54, 1.807) is 6.92 Å². The summed E-state index contributed by atoms with van der Waals surface area (Å²) in [6.07, 6.45) is 0.485. The number of esters is 1. The third-order valence-corrected chi connectivity index (χ3v) is 2.38. The van der Waals surface area contributed by atoms with Crippen molar-refractivity contribution in [3.05, 3.63) is 0 Å². The molecule has 0 aromatic carbocycles. The summed E-state index contributed by atoms with van der Waals surface area (Å²) in [5.41, 5.74) is 0. The first kappa shape index (κ1) is 16.1. The van der Waals surface area contributed by atoms with Crippen molar-refractivity contribution < 1.29 is 14.3 Å². The van der Waals surface area contributed by atoms with Crippen LogP contribution in [0.3, 0.4) is 0 Å². The van der Waals surface area contributed by atoms with Crippen LogP contribution in [0, 0.1) is 5.92 Å². The van der Waals surface area contributed by atoms with Crippen LogP contribution in [0.4, 0.5) is 0 Å². The molecular formula is C13H25NO3. The molecule has 0 saturated heterocycles. The number of Topliss-reactive ketones (excluding diaryl/α,β-unsaturated/α-hetero) is 1. The minimum atomic E-state index is -0.284. The van der Waals surface area contributed by atoms with Crippen LogP contribution in [0.15, 0.2) is 0 Å². The zero-order chi connectivity index (χ0) is 13.3. The lowest BCUT2D eigenvalue weighted by Gasteiger charge is -2.21. The van der Waals surface area contributed by atoms with Crippen molar-refractivity contribution in [2.24, 2.45) is 5.92 Å². The number of ether oxygens (including phenoxy) is 1. The van der Waals surface area contributed by atoms with Crippen molar-refractivity contribution in [2.75, 3.05) is 26.2 Å². The summed E-state index contributed by atoms with van der Waals surface area (Å²) in [4.78, 5) is 24.9. The zero-order valence-electron chi connectivity index (χ0n) is 11.5. The summed E-state index contributed by atoms with van der Waals surface area (Å²) >= 11 is 0. The van der Waals surface area contributed by atoms with E-state index in [1.807, 2.05) is 6.92 Å². The van der Waals surface area contributed by atoms with Crippen molar-refractivity contribution in [1.82, 2.24) is 4.90 Å². The molecule has 0 spiro atoms. The fourth-order valence-corrected chi connectivity index (χ4v) is 1.62. The van der Waals surface area contributed by atoms with Crippen LogP contribution in [-0.4, -0.2) is 42.9 Å². The third-order valence-electron chi connectivity index (χ3n) is 2.38. The van der Waals surface area contributed by atoms with Gasteiger partial charge in [-0.15, -0.1) is 0 Å². The average molecular weight is 243 g/mol. The van der Waals surface area contributed by atoms with Gasteiger partial charge in [-0.05, 0) is 19.4 Å². The van der Waals surface area contributed by atoms with Gasteiger partial charge in [0.1, 0.15) is 5.78 Å². The van der Waals surface area contributed by atoms with Crippen LogP contribution < -0.4 is 0 Å². The Kier molecular flexibility index (Phi) is 8.68. The van der Waals surface area contributed by atoms with Crippen LogP contribution in [0.25, 0.3) is 0 Å². The van der Waals surface area contributed by atoms with E-state index in [2.05, 4.69) is 18.7 Å². The Morgan fingerprint density at radius 3 is 2.29 bits per heavy atom. The molecule has 0 unspecified atom stereocenters. The lowest BCUT2D eigenvalue weighted by Crippen LogP contribution is -2.33. The van der Waals surface area contributed by atoms with Crippen molar-refractivity contribution >= 4 is 11.8 Å². The molecule has 0 rings (SSSR count). The van der Waals surface area contributed by atoms with Crippen LogP contribution >= 0.6 is 0 Å². The Morgan fingerprint density at radius 2 is 1.82 bits per heavy atom. The van der Waals surface area contributed by atoms with E-state index in [1.165, 1.54) is 0 Å². The number of rotatable bonds is 9. The first-order valence-electron chi connectivity index (χ1n) is 6.39. The summed E-state index contributed by atoms with van der Waals surface area (Å²) in [7, 11) is 0. The fraction of sp³-hybridized carbons (Fsp3) is 0.846. The minimum Gasteiger partial charge on any atom is -0.466 e. The molecule has 0 fully saturated rings. The number of ketones is 1. The Labute approximate surface area is 104 Å². The highest BCUT2D eigenvalue weighted by Crippen LogP contribution is 2.01. The average Bonchev–Trinajstić information content (AvgIpc) is 2.25. The molecular weight excluding hydrogens is 218 g/mol. The predicted octanol–water partition coefficient (Wildman–Crippen LogP) is 1.88. The molecule has 0 radical (unpaired) electrons. The molecule has 0 aromatic heterocycles. The summed E-state index contributed by atoms with van der Waals surface area (Å²) < 4.78 is 4.78. The second kappa shape index (κ2) is 9.16. The second-order valence-corrected chi connectivity index (χ2v) is 4.57. The maximum Gasteiger partial charge on any atom is 0.306 e. The van der Waals surface area contributed by atoms with E-state index in [0.717, 1.165) is 13.1 Å². The number of hydrogen-bond donors (Lipinski definition) is 0. The maximum atomic E-state index is 11.7. The number of carbonyl (C=O) groups excluding carboxylic acids is 2. The van der Waals surface area contributed by atoms with Gasteiger partial charge < -0.3 is 4.74 Å². The van der Waals surface area contributed by atoms with Crippen LogP contribution in [0.1, 0.15) is 40.5 Å². The molecule has 0 heterocycles.